The minimum Gasteiger partial charge on any atom is -0.373 e. The molecule has 1 aliphatic heterocycles. The molecule has 0 aromatic heterocycles. The average Bonchev–Trinajstić information content (AvgIpc) is 1.83. The van der Waals surface area contributed by atoms with Crippen molar-refractivity contribution in [1.29, 1.82) is 0 Å². The van der Waals surface area contributed by atoms with Gasteiger partial charge in [-0.1, -0.05) is 6.08 Å². The molecule has 0 radical (unpaired) electrons. The first-order chi connectivity index (χ1) is 4.54. The van der Waals surface area contributed by atoms with Crippen LogP contribution < -0.4 is 0 Å². The average molecular weight is 176 g/mol. The second-order valence-electron chi connectivity index (χ2n) is 3.76. The number of halogens is 1. The lowest BCUT2D eigenvalue weighted by Gasteiger charge is -2.41. The molecular weight excluding hydrogens is 158 g/mol. The third kappa shape index (κ3) is 2.13. The Labute approximate surface area is 75.9 Å². The van der Waals surface area contributed by atoms with E-state index in [2.05, 4.69) is 38.8 Å². The van der Waals surface area contributed by atoms with Crippen molar-refractivity contribution in [2.45, 2.75) is 39.2 Å². The summed E-state index contributed by atoms with van der Waals surface area (Å²) in [5.74, 6) is 0. The van der Waals surface area contributed by atoms with E-state index in [0.717, 1.165) is 0 Å². The van der Waals surface area contributed by atoms with Crippen LogP contribution in [0.5, 0.6) is 0 Å². The van der Waals surface area contributed by atoms with E-state index < -0.39 is 0 Å². The van der Waals surface area contributed by atoms with Crippen molar-refractivity contribution >= 4 is 12.4 Å². The molecule has 2 heteroatoms. The number of hydrogen-bond donors (Lipinski definition) is 0. The van der Waals surface area contributed by atoms with Crippen molar-refractivity contribution in [3.05, 3.63) is 11.8 Å². The van der Waals surface area contributed by atoms with Gasteiger partial charge in [-0.15, -0.1) is 12.4 Å². The van der Waals surface area contributed by atoms with E-state index in [1.807, 2.05) is 0 Å². The highest BCUT2D eigenvalue weighted by Gasteiger charge is 2.25. The van der Waals surface area contributed by atoms with Crippen molar-refractivity contribution in [2.75, 3.05) is 7.05 Å². The van der Waals surface area contributed by atoms with Gasteiger partial charge in [-0.3, -0.25) is 0 Å². The van der Waals surface area contributed by atoms with Crippen LogP contribution in [0.2, 0.25) is 0 Å². The summed E-state index contributed by atoms with van der Waals surface area (Å²) >= 11 is 0. The monoisotopic (exact) mass is 175 g/mol. The van der Waals surface area contributed by atoms with Crippen molar-refractivity contribution < 1.29 is 0 Å². The maximum absolute atomic E-state index is 2.36. The molecule has 1 aliphatic rings. The van der Waals surface area contributed by atoms with E-state index in [9.17, 15) is 0 Å². The summed E-state index contributed by atoms with van der Waals surface area (Å²) in [6.45, 7) is 6.77. The highest BCUT2D eigenvalue weighted by Crippen LogP contribution is 2.27. The van der Waals surface area contributed by atoms with Gasteiger partial charge in [-0.2, -0.15) is 0 Å². The fourth-order valence-electron chi connectivity index (χ4n) is 1.42. The van der Waals surface area contributed by atoms with Gasteiger partial charge in [0.1, 0.15) is 0 Å². The van der Waals surface area contributed by atoms with Crippen molar-refractivity contribution in [1.82, 2.24) is 4.90 Å². The Bertz CT molecular complexity index is 161. The third-order valence-corrected chi connectivity index (χ3v) is 2.63. The SMILES string of the molecule is CC1=CCCC(C)(C)N1C.Cl. The Morgan fingerprint density at radius 2 is 2.00 bits per heavy atom. The summed E-state index contributed by atoms with van der Waals surface area (Å²) in [6, 6.07) is 0. The molecule has 0 atom stereocenters. The second-order valence-corrected chi connectivity index (χ2v) is 3.76. The molecule has 0 unspecified atom stereocenters. The Kier molecular flexibility index (Phi) is 3.43. The first-order valence-electron chi connectivity index (χ1n) is 3.94. The molecule has 0 amide bonds. The maximum atomic E-state index is 2.36. The van der Waals surface area contributed by atoms with Crippen LogP contribution in [-0.4, -0.2) is 17.5 Å². The van der Waals surface area contributed by atoms with E-state index in [0.29, 0.717) is 5.54 Å². The van der Waals surface area contributed by atoms with Gasteiger partial charge in [0, 0.05) is 18.3 Å². The number of rotatable bonds is 0. The fraction of sp³-hybridized carbons (Fsp3) is 0.778. The van der Waals surface area contributed by atoms with Crippen LogP contribution in [0.15, 0.2) is 11.8 Å². The van der Waals surface area contributed by atoms with Gasteiger partial charge in [0.2, 0.25) is 0 Å². The van der Waals surface area contributed by atoms with Crippen LogP contribution in [0.4, 0.5) is 0 Å². The zero-order valence-electron chi connectivity index (χ0n) is 7.85. The van der Waals surface area contributed by atoms with Gasteiger partial charge in [0.05, 0.1) is 0 Å². The lowest BCUT2D eigenvalue weighted by Crippen LogP contribution is -2.41. The Morgan fingerprint density at radius 1 is 1.45 bits per heavy atom. The van der Waals surface area contributed by atoms with Crippen LogP contribution >= 0.6 is 12.4 Å². The predicted molar refractivity (Wildman–Crippen MR) is 52.1 cm³/mol. The van der Waals surface area contributed by atoms with Gasteiger partial charge >= 0.3 is 0 Å². The molecular formula is C9H18ClN. The molecule has 0 aromatic carbocycles. The molecule has 0 saturated heterocycles. The summed E-state index contributed by atoms with van der Waals surface area (Å²) in [7, 11) is 2.17. The summed E-state index contributed by atoms with van der Waals surface area (Å²) in [5.41, 5.74) is 1.79. The van der Waals surface area contributed by atoms with E-state index in [1.54, 1.807) is 0 Å². The first-order valence-corrected chi connectivity index (χ1v) is 3.94. The highest BCUT2D eigenvalue weighted by molar-refractivity contribution is 5.85. The zero-order valence-corrected chi connectivity index (χ0v) is 8.66. The minimum atomic E-state index is 0. The normalized spacial score (nSPS) is 22.2. The lowest BCUT2D eigenvalue weighted by atomic mass is 9.92. The third-order valence-electron chi connectivity index (χ3n) is 2.63. The van der Waals surface area contributed by atoms with Crippen molar-refractivity contribution in [3.8, 4) is 0 Å². The van der Waals surface area contributed by atoms with Crippen LogP contribution in [-0.2, 0) is 0 Å². The van der Waals surface area contributed by atoms with Crippen LogP contribution in [0.25, 0.3) is 0 Å². The standard InChI is InChI=1S/C9H17N.ClH/c1-8-6-5-7-9(2,3)10(8)4;/h6H,5,7H2,1-4H3;1H. The van der Waals surface area contributed by atoms with Gasteiger partial charge < -0.3 is 4.90 Å². The van der Waals surface area contributed by atoms with Gasteiger partial charge in [0.25, 0.3) is 0 Å². The summed E-state index contributed by atoms with van der Waals surface area (Å²) < 4.78 is 0. The molecule has 0 N–H and O–H groups in total. The quantitative estimate of drug-likeness (QED) is 0.548. The van der Waals surface area contributed by atoms with E-state index in [-0.39, 0.29) is 12.4 Å². The van der Waals surface area contributed by atoms with Crippen molar-refractivity contribution in [2.24, 2.45) is 0 Å². The number of nitrogens with zero attached hydrogens (tertiary/aromatic N) is 1. The minimum absolute atomic E-state index is 0. The largest absolute Gasteiger partial charge is 0.373 e. The number of hydrogen-bond acceptors (Lipinski definition) is 1. The fourth-order valence-corrected chi connectivity index (χ4v) is 1.42. The summed E-state index contributed by atoms with van der Waals surface area (Å²) in [6.07, 6.45) is 4.83. The molecule has 1 nitrogen and oxygen atoms in total. The zero-order chi connectivity index (χ0) is 7.78. The molecule has 0 bridgehead atoms. The molecule has 0 fully saturated rings. The molecule has 0 saturated carbocycles. The predicted octanol–water partition coefficient (Wildman–Crippen LogP) is 2.82. The Morgan fingerprint density at radius 3 is 2.36 bits per heavy atom. The molecule has 11 heavy (non-hydrogen) atoms. The molecule has 1 rings (SSSR count). The topological polar surface area (TPSA) is 3.24 Å². The molecule has 66 valence electrons. The smallest absolute Gasteiger partial charge is 0.0342 e. The van der Waals surface area contributed by atoms with Crippen LogP contribution in [0.1, 0.15) is 33.6 Å². The molecule has 1 heterocycles. The first kappa shape index (κ1) is 10.8. The van der Waals surface area contributed by atoms with E-state index in [4.69, 9.17) is 0 Å². The van der Waals surface area contributed by atoms with Crippen molar-refractivity contribution in [3.63, 3.8) is 0 Å². The maximum Gasteiger partial charge on any atom is 0.0342 e. The molecule has 0 aliphatic carbocycles. The van der Waals surface area contributed by atoms with Crippen LogP contribution in [0.3, 0.4) is 0 Å². The van der Waals surface area contributed by atoms with Crippen LogP contribution in [0, 0.1) is 0 Å². The Balaban J connectivity index is 0.000001000. The van der Waals surface area contributed by atoms with E-state index >= 15 is 0 Å². The van der Waals surface area contributed by atoms with Gasteiger partial charge in [0.15, 0.2) is 0 Å². The van der Waals surface area contributed by atoms with Gasteiger partial charge in [-0.25, -0.2) is 0 Å². The Hall–Kier alpha value is -0.170. The lowest BCUT2D eigenvalue weighted by molar-refractivity contribution is 0.178. The second kappa shape index (κ2) is 3.48. The van der Waals surface area contributed by atoms with E-state index in [1.165, 1.54) is 18.5 Å². The highest BCUT2D eigenvalue weighted by atomic mass is 35.5. The number of allylic oxidation sites excluding steroid dienone is 2. The molecule has 0 spiro atoms. The summed E-state index contributed by atoms with van der Waals surface area (Å²) in [5, 5.41) is 0. The molecule has 0 aromatic rings. The summed E-state index contributed by atoms with van der Waals surface area (Å²) in [4.78, 5) is 2.36. The van der Waals surface area contributed by atoms with Gasteiger partial charge in [-0.05, 0) is 33.6 Å².